The maximum Gasteiger partial charge on any atom is 0.258 e. The van der Waals surface area contributed by atoms with Crippen molar-refractivity contribution in [1.82, 2.24) is 10.6 Å². The first kappa shape index (κ1) is 15.0. The number of nitriles is 1. The standard InChI is InChI=1S/C14H19N3O2/c1-3-12(16-2)11-6-4-5-7-13(11)19-10-14(18)17-9-8-15/h4-7,12,16H,3,9-10H2,1-2H3,(H,17,18). The minimum absolute atomic E-state index is 0.00204. The van der Waals surface area contributed by atoms with Crippen LogP contribution in [0, 0.1) is 11.3 Å². The summed E-state index contributed by atoms with van der Waals surface area (Å²) in [4.78, 5) is 11.4. The topological polar surface area (TPSA) is 74.2 Å². The molecule has 0 aromatic heterocycles. The molecule has 0 radical (unpaired) electrons. The Hall–Kier alpha value is -2.06. The van der Waals surface area contributed by atoms with Gasteiger partial charge in [0.2, 0.25) is 0 Å². The van der Waals surface area contributed by atoms with E-state index < -0.39 is 0 Å². The van der Waals surface area contributed by atoms with Gasteiger partial charge in [-0.2, -0.15) is 5.26 Å². The van der Waals surface area contributed by atoms with Crippen molar-refractivity contribution in [2.45, 2.75) is 19.4 Å². The number of amides is 1. The lowest BCUT2D eigenvalue weighted by atomic mass is 10.0. The van der Waals surface area contributed by atoms with Gasteiger partial charge in [0.25, 0.3) is 5.91 Å². The number of carbonyl (C=O) groups excluding carboxylic acids is 1. The predicted octanol–water partition coefficient (Wildman–Crippen LogP) is 1.38. The molecule has 0 bridgehead atoms. The van der Waals surface area contributed by atoms with Gasteiger partial charge in [0.05, 0.1) is 6.07 Å². The van der Waals surface area contributed by atoms with E-state index in [4.69, 9.17) is 10.00 Å². The second kappa shape index (κ2) is 8.11. The molecular weight excluding hydrogens is 242 g/mol. The van der Waals surface area contributed by atoms with Crippen LogP contribution in [-0.2, 0) is 4.79 Å². The minimum atomic E-state index is -0.297. The molecular formula is C14H19N3O2. The molecule has 0 aliphatic carbocycles. The molecule has 2 N–H and O–H groups in total. The average molecular weight is 261 g/mol. The number of nitrogens with one attached hydrogen (secondary N) is 2. The van der Waals surface area contributed by atoms with Gasteiger partial charge in [0.1, 0.15) is 12.3 Å². The lowest BCUT2D eigenvalue weighted by Crippen LogP contribution is -2.29. The van der Waals surface area contributed by atoms with Crippen LogP contribution in [0.4, 0.5) is 0 Å². The fourth-order valence-electron chi connectivity index (χ4n) is 1.81. The molecule has 1 aromatic rings. The number of hydrogen-bond donors (Lipinski definition) is 2. The van der Waals surface area contributed by atoms with E-state index in [1.165, 1.54) is 0 Å². The van der Waals surface area contributed by atoms with E-state index in [1.807, 2.05) is 37.4 Å². The van der Waals surface area contributed by atoms with Crippen molar-refractivity contribution in [3.63, 3.8) is 0 Å². The normalized spacial score (nSPS) is 11.4. The number of carbonyl (C=O) groups is 1. The highest BCUT2D eigenvalue weighted by atomic mass is 16.5. The summed E-state index contributed by atoms with van der Waals surface area (Å²) < 4.78 is 5.52. The van der Waals surface area contributed by atoms with Gasteiger partial charge in [0, 0.05) is 11.6 Å². The van der Waals surface area contributed by atoms with Gasteiger partial charge in [0.15, 0.2) is 6.61 Å². The van der Waals surface area contributed by atoms with Crippen molar-refractivity contribution in [3.05, 3.63) is 29.8 Å². The molecule has 102 valence electrons. The molecule has 1 unspecified atom stereocenters. The third-order valence-electron chi connectivity index (χ3n) is 2.77. The molecule has 1 aromatic carbocycles. The third kappa shape index (κ3) is 4.60. The van der Waals surface area contributed by atoms with E-state index in [-0.39, 0.29) is 25.1 Å². The Labute approximate surface area is 113 Å². The summed E-state index contributed by atoms with van der Waals surface area (Å²) in [5.41, 5.74) is 1.03. The SMILES string of the molecule is CCC(NC)c1ccccc1OCC(=O)NCC#N. The van der Waals surface area contributed by atoms with Crippen LogP contribution in [0.25, 0.3) is 0 Å². The highest BCUT2D eigenvalue weighted by Gasteiger charge is 2.13. The zero-order valence-electron chi connectivity index (χ0n) is 11.3. The fraction of sp³-hybridized carbons (Fsp3) is 0.429. The molecule has 0 spiro atoms. The smallest absolute Gasteiger partial charge is 0.258 e. The van der Waals surface area contributed by atoms with Crippen LogP contribution in [0.2, 0.25) is 0 Å². The van der Waals surface area contributed by atoms with Crippen LogP contribution in [-0.4, -0.2) is 26.1 Å². The predicted molar refractivity (Wildman–Crippen MR) is 72.7 cm³/mol. The fourth-order valence-corrected chi connectivity index (χ4v) is 1.81. The molecule has 1 amide bonds. The largest absolute Gasteiger partial charge is 0.483 e. The van der Waals surface area contributed by atoms with Crippen LogP contribution in [0.5, 0.6) is 5.75 Å². The first-order valence-corrected chi connectivity index (χ1v) is 6.25. The second-order valence-electron chi connectivity index (χ2n) is 4.01. The lowest BCUT2D eigenvalue weighted by molar-refractivity contribution is -0.122. The Morgan fingerprint density at radius 2 is 2.21 bits per heavy atom. The molecule has 0 saturated heterocycles. The van der Waals surface area contributed by atoms with Gasteiger partial charge in [-0.25, -0.2) is 0 Å². The van der Waals surface area contributed by atoms with Crippen LogP contribution < -0.4 is 15.4 Å². The highest BCUT2D eigenvalue weighted by Crippen LogP contribution is 2.26. The Bertz CT molecular complexity index is 450. The number of ether oxygens (including phenoxy) is 1. The Morgan fingerprint density at radius 1 is 1.47 bits per heavy atom. The number of benzene rings is 1. The summed E-state index contributed by atoms with van der Waals surface area (Å²) in [5, 5.41) is 14.0. The molecule has 0 heterocycles. The molecule has 0 saturated carbocycles. The van der Waals surface area contributed by atoms with Gasteiger partial charge in [-0.3, -0.25) is 4.79 Å². The Morgan fingerprint density at radius 3 is 2.84 bits per heavy atom. The van der Waals surface area contributed by atoms with Crippen LogP contribution >= 0.6 is 0 Å². The van der Waals surface area contributed by atoms with E-state index in [2.05, 4.69) is 17.6 Å². The summed E-state index contributed by atoms with van der Waals surface area (Å²) >= 11 is 0. The first-order chi connectivity index (χ1) is 9.22. The van der Waals surface area contributed by atoms with E-state index in [0.717, 1.165) is 12.0 Å². The van der Waals surface area contributed by atoms with Gasteiger partial charge in [-0.1, -0.05) is 25.1 Å². The van der Waals surface area contributed by atoms with E-state index in [9.17, 15) is 4.79 Å². The molecule has 19 heavy (non-hydrogen) atoms. The Balaban J connectivity index is 2.68. The second-order valence-corrected chi connectivity index (χ2v) is 4.01. The van der Waals surface area contributed by atoms with Crippen molar-refractivity contribution in [2.75, 3.05) is 20.2 Å². The van der Waals surface area contributed by atoms with Gasteiger partial charge in [-0.05, 0) is 19.5 Å². The summed E-state index contributed by atoms with van der Waals surface area (Å²) in [6, 6.07) is 9.67. The third-order valence-corrected chi connectivity index (χ3v) is 2.77. The quantitative estimate of drug-likeness (QED) is 0.727. The van der Waals surface area contributed by atoms with E-state index in [1.54, 1.807) is 0 Å². The lowest BCUT2D eigenvalue weighted by Gasteiger charge is -2.18. The van der Waals surface area contributed by atoms with Crippen molar-refractivity contribution in [2.24, 2.45) is 0 Å². The van der Waals surface area contributed by atoms with E-state index >= 15 is 0 Å². The minimum Gasteiger partial charge on any atom is -0.483 e. The molecule has 0 fully saturated rings. The number of hydrogen-bond acceptors (Lipinski definition) is 4. The molecule has 5 nitrogen and oxygen atoms in total. The van der Waals surface area contributed by atoms with E-state index in [0.29, 0.717) is 5.75 Å². The van der Waals surface area contributed by atoms with Gasteiger partial charge >= 0.3 is 0 Å². The molecule has 1 atom stereocenters. The summed E-state index contributed by atoms with van der Waals surface area (Å²) in [7, 11) is 1.89. The van der Waals surface area contributed by atoms with Crippen LogP contribution in [0.15, 0.2) is 24.3 Å². The average Bonchev–Trinajstić information content (AvgIpc) is 2.45. The maximum atomic E-state index is 11.4. The van der Waals surface area contributed by atoms with Gasteiger partial charge < -0.3 is 15.4 Å². The molecule has 0 aliphatic rings. The zero-order chi connectivity index (χ0) is 14.1. The van der Waals surface area contributed by atoms with Crippen molar-refractivity contribution < 1.29 is 9.53 Å². The summed E-state index contributed by atoms with van der Waals surface area (Å²) in [5.74, 6) is 0.393. The number of nitrogens with zero attached hydrogens (tertiary/aromatic N) is 1. The van der Waals surface area contributed by atoms with Crippen molar-refractivity contribution in [3.8, 4) is 11.8 Å². The highest BCUT2D eigenvalue weighted by molar-refractivity contribution is 5.77. The molecule has 0 aliphatic heterocycles. The van der Waals surface area contributed by atoms with Gasteiger partial charge in [-0.15, -0.1) is 0 Å². The summed E-state index contributed by atoms with van der Waals surface area (Å²) in [6.07, 6.45) is 0.928. The Kier molecular flexibility index (Phi) is 6.41. The van der Waals surface area contributed by atoms with Crippen LogP contribution in [0.1, 0.15) is 24.9 Å². The monoisotopic (exact) mass is 261 g/mol. The van der Waals surface area contributed by atoms with Crippen LogP contribution in [0.3, 0.4) is 0 Å². The molecule has 1 rings (SSSR count). The number of rotatable bonds is 7. The van der Waals surface area contributed by atoms with Crippen molar-refractivity contribution >= 4 is 5.91 Å². The molecule has 5 heteroatoms. The first-order valence-electron chi connectivity index (χ1n) is 6.25. The summed E-state index contributed by atoms with van der Waals surface area (Å²) in [6.45, 7) is 1.99. The number of para-hydroxylation sites is 1. The van der Waals surface area contributed by atoms with Crippen molar-refractivity contribution in [1.29, 1.82) is 5.26 Å². The maximum absolute atomic E-state index is 11.4. The zero-order valence-corrected chi connectivity index (χ0v) is 11.3.